The van der Waals surface area contributed by atoms with Crippen molar-refractivity contribution in [2.45, 2.75) is 32.7 Å². The van der Waals surface area contributed by atoms with Gasteiger partial charge in [0.2, 0.25) is 0 Å². The number of benzene rings is 1. The summed E-state index contributed by atoms with van der Waals surface area (Å²) in [5.41, 5.74) is 9.88. The van der Waals surface area contributed by atoms with Crippen LogP contribution >= 0.6 is 0 Å². The van der Waals surface area contributed by atoms with E-state index in [2.05, 4.69) is 48.9 Å². The molecule has 2 rings (SSSR count). The Balaban J connectivity index is 2.18. The molecule has 106 valence electrons. The Morgan fingerprint density at radius 2 is 2.05 bits per heavy atom. The number of likely N-dealkylation sites (N-methyl/N-ethyl adjacent to an activating group) is 1. The molecule has 1 fully saturated rings. The van der Waals surface area contributed by atoms with Crippen molar-refractivity contribution in [2.75, 3.05) is 38.1 Å². The molecule has 1 heterocycles. The second-order valence-electron chi connectivity index (χ2n) is 5.80. The summed E-state index contributed by atoms with van der Waals surface area (Å²) in [6.45, 7) is 8.56. The predicted molar refractivity (Wildman–Crippen MR) is 82.8 cm³/mol. The summed E-state index contributed by atoms with van der Waals surface area (Å²) < 4.78 is 0. The van der Waals surface area contributed by atoms with Gasteiger partial charge in [0.05, 0.1) is 0 Å². The summed E-state index contributed by atoms with van der Waals surface area (Å²) in [5.74, 6) is 0. The van der Waals surface area contributed by atoms with Crippen LogP contribution in [0.4, 0.5) is 5.69 Å². The third kappa shape index (κ3) is 3.48. The molecule has 1 unspecified atom stereocenters. The summed E-state index contributed by atoms with van der Waals surface area (Å²) in [4.78, 5) is 5.01. The molecule has 0 bridgehead atoms. The SMILES string of the molecule is Cc1ccc(N2CCCN(C)C(CCN)C2)c(C)c1. The van der Waals surface area contributed by atoms with Crippen LogP contribution in [0.2, 0.25) is 0 Å². The summed E-state index contributed by atoms with van der Waals surface area (Å²) in [5, 5.41) is 0. The van der Waals surface area contributed by atoms with Crippen molar-refractivity contribution in [3.8, 4) is 0 Å². The molecule has 0 aromatic heterocycles. The van der Waals surface area contributed by atoms with Crippen molar-refractivity contribution in [2.24, 2.45) is 5.73 Å². The van der Waals surface area contributed by atoms with E-state index < -0.39 is 0 Å². The molecule has 1 aromatic carbocycles. The second-order valence-corrected chi connectivity index (χ2v) is 5.80. The Morgan fingerprint density at radius 1 is 1.26 bits per heavy atom. The standard InChI is InChI=1S/C16H27N3/c1-13-5-6-16(14(2)11-13)19-10-4-9-18(3)15(12-19)7-8-17/h5-6,11,15H,4,7-10,12,17H2,1-3H3. The van der Waals surface area contributed by atoms with Crippen LogP contribution in [0.3, 0.4) is 0 Å². The van der Waals surface area contributed by atoms with Gasteiger partial charge in [0, 0.05) is 24.8 Å². The van der Waals surface area contributed by atoms with Gasteiger partial charge in [-0.15, -0.1) is 0 Å². The van der Waals surface area contributed by atoms with Crippen molar-refractivity contribution in [1.82, 2.24) is 4.90 Å². The minimum atomic E-state index is 0.577. The number of nitrogens with zero attached hydrogens (tertiary/aromatic N) is 2. The van der Waals surface area contributed by atoms with Gasteiger partial charge in [-0.3, -0.25) is 0 Å². The van der Waals surface area contributed by atoms with Crippen molar-refractivity contribution in [3.63, 3.8) is 0 Å². The molecule has 0 amide bonds. The lowest BCUT2D eigenvalue weighted by atomic mass is 10.1. The molecule has 1 aliphatic heterocycles. The molecule has 0 spiro atoms. The molecule has 1 atom stereocenters. The van der Waals surface area contributed by atoms with Crippen LogP contribution in [-0.2, 0) is 0 Å². The maximum absolute atomic E-state index is 5.76. The number of hydrogen-bond donors (Lipinski definition) is 1. The van der Waals surface area contributed by atoms with Crippen LogP contribution in [0.15, 0.2) is 18.2 Å². The van der Waals surface area contributed by atoms with Crippen molar-refractivity contribution in [1.29, 1.82) is 0 Å². The van der Waals surface area contributed by atoms with Crippen molar-refractivity contribution in [3.05, 3.63) is 29.3 Å². The van der Waals surface area contributed by atoms with Crippen LogP contribution in [-0.4, -0.2) is 44.2 Å². The molecule has 1 aliphatic rings. The van der Waals surface area contributed by atoms with Crippen LogP contribution in [0.5, 0.6) is 0 Å². The fourth-order valence-corrected chi connectivity index (χ4v) is 3.06. The number of nitrogens with two attached hydrogens (primary N) is 1. The van der Waals surface area contributed by atoms with Crippen LogP contribution < -0.4 is 10.6 Å². The summed E-state index contributed by atoms with van der Waals surface area (Å²) >= 11 is 0. The Kier molecular flexibility index (Phi) is 4.83. The van der Waals surface area contributed by atoms with Gasteiger partial charge in [0.1, 0.15) is 0 Å². The van der Waals surface area contributed by atoms with E-state index in [4.69, 9.17) is 5.73 Å². The minimum Gasteiger partial charge on any atom is -0.370 e. The third-order valence-electron chi connectivity index (χ3n) is 4.19. The highest BCUT2D eigenvalue weighted by Gasteiger charge is 2.22. The minimum absolute atomic E-state index is 0.577. The van der Waals surface area contributed by atoms with Gasteiger partial charge in [-0.25, -0.2) is 0 Å². The fraction of sp³-hybridized carbons (Fsp3) is 0.625. The van der Waals surface area contributed by atoms with Crippen molar-refractivity contribution < 1.29 is 0 Å². The fourth-order valence-electron chi connectivity index (χ4n) is 3.06. The molecule has 19 heavy (non-hydrogen) atoms. The Morgan fingerprint density at radius 3 is 2.74 bits per heavy atom. The first kappa shape index (κ1) is 14.4. The zero-order valence-electron chi connectivity index (χ0n) is 12.5. The van der Waals surface area contributed by atoms with Gasteiger partial charge in [-0.1, -0.05) is 17.7 Å². The molecule has 0 aliphatic carbocycles. The van der Waals surface area contributed by atoms with Crippen LogP contribution in [0, 0.1) is 13.8 Å². The highest BCUT2D eigenvalue weighted by molar-refractivity contribution is 5.54. The second kappa shape index (κ2) is 6.40. The maximum Gasteiger partial charge on any atom is 0.0396 e. The van der Waals surface area contributed by atoms with E-state index in [1.807, 2.05) is 0 Å². The highest BCUT2D eigenvalue weighted by Crippen LogP contribution is 2.24. The van der Waals surface area contributed by atoms with Gasteiger partial charge >= 0.3 is 0 Å². The lowest BCUT2D eigenvalue weighted by molar-refractivity contribution is 0.251. The van der Waals surface area contributed by atoms with Crippen molar-refractivity contribution >= 4 is 5.69 Å². The first-order chi connectivity index (χ1) is 9.11. The number of aryl methyl sites for hydroxylation is 2. The van der Waals surface area contributed by atoms with E-state index in [0.717, 1.165) is 26.1 Å². The quantitative estimate of drug-likeness (QED) is 0.905. The van der Waals surface area contributed by atoms with E-state index in [1.165, 1.54) is 29.8 Å². The molecule has 0 saturated carbocycles. The van der Waals surface area contributed by atoms with Gasteiger partial charge < -0.3 is 15.5 Å². The summed E-state index contributed by atoms with van der Waals surface area (Å²) in [6.07, 6.45) is 2.31. The largest absolute Gasteiger partial charge is 0.370 e. The molecule has 1 aromatic rings. The monoisotopic (exact) mass is 261 g/mol. The topological polar surface area (TPSA) is 32.5 Å². The third-order valence-corrected chi connectivity index (χ3v) is 4.19. The average Bonchev–Trinajstić information content (AvgIpc) is 2.53. The van der Waals surface area contributed by atoms with Crippen LogP contribution in [0.1, 0.15) is 24.0 Å². The molecule has 3 nitrogen and oxygen atoms in total. The molecule has 0 radical (unpaired) electrons. The van der Waals surface area contributed by atoms with E-state index in [-0.39, 0.29) is 0 Å². The lowest BCUT2D eigenvalue weighted by Gasteiger charge is -2.30. The highest BCUT2D eigenvalue weighted by atomic mass is 15.2. The Bertz CT molecular complexity index is 416. The van der Waals surface area contributed by atoms with Gasteiger partial charge in [-0.05, 0) is 58.5 Å². The molecule has 2 N–H and O–H groups in total. The van der Waals surface area contributed by atoms with Gasteiger partial charge in [0.25, 0.3) is 0 Å². The molecular weight excluding hydrogens is 234 g/mol. The Hall–Kier alpha value is -1.06. The predicted octanol–water partition coefficient (Wildman–Crippen LogP) is 2.16. The number of anilines is 1. The first-order valence-electron chi connectivity index (χ1n) is 7.34. The van der Waals surface area contributed by atoms with E-state index in [1.54, 1.807) is 0 Å². The maximum atomic E-state index is 5.76. The molecular formula is C16H27N3. The smallest absolute Gasteiger partial charge is 0.0396 e. The zero-order chi connectivity index (χ0) is 13.8. The molecule has 1 saturated heterocycles. The van der Waals surface area contributed by atoms with E-state index in [9.17, 15) is 0 Å². The summed E-state index contributed by atoms with van der Waals surface area (Å²) in [6, 6.07) is 7.35. The normalized spacial score (nSPS) is 21.5. The van der Waals surface area contributed by atoms with E-state index in [0.29, 0.717) is 6.04 Å². The van der Waals surface area contributed by atoms with Gasteiger partial charge in [-0.2, -0.15) is 0 Å². The molecule has 3 heteroatoms. The summed E-state index contributed by atoms with van der Waals surface area (Å²) in [7, 11) is 2.23. The number of rotatable bonds is 3. The van der Waals surface area contributed by atoms with Gasteiger partial charge in [0.15, 0.2) is 0 Å². The Labute approximate surface area is 117 Å². The zero-order valence-corrected chi connectivity index (χ0v) is 12.5. The number of hydrogen-bond acceptors (Lipinski definition) is 3. The first-order valence-corrected chi connectivity index (χ1v) is 7.34. The lowest BCUT2D eigenvalue weighted by Crippen LogP contribution is -2.40. The average molecular weight is 261 g/mol. The van der Waals surface area contributed by atoms with E-state index >= 15 is 0 Å². The van der Waals surface area contributed by atoms with Crippen LogP contribution in [0.25, 0.3) is 0 Å².